The quantitative estimate of drug-likeness (QED) is 0.875. The van der Waals surface area contributed by atoms with Crippen molar-refractivity contribution < 1.29 is 4.74 Å². The number of anilines is 1. The van der Waals surface area contributed by atoms with Gasteiger partial charge in [-0.3, -0.25) is 0 Å². The molecule has 0 amide bonds. The number of nitrogens with zero attached hydrogens (tertiary/aromatic N) is 3. The Morgan fingerprint density at radius 1 is 1.22 bits per heavy atom. The van der Waals surface area contributed by atoms with E-state index in [2.05, 4.69) is 27.2 Å². The van der Waals surface area contributed by atoms with E-state index in [9.17, 15) is 0 Å². The molecule has 0 radical (unpaired) electrons. The summed E-state index contributed by atoms with van der Waals surface area (Å²) in [5, 5.41) is 3.24. The molecular formula is C13H16N4O. The van der Waals surface area contributed by atoms with Crippen LogP contribution in [0, 0.1) is 0 Å². The Balaban J connectivity index is 2.32. The molecule has 0 fully saturated rings. The molecule has 2 aromatic rings. The third kappa shape index (κ3) is 2.74. The molecule has 0 aliphatic rings. The van der Waals surface area contributed by atoms with Gasteiger partial charge >= 0.3 is 0 Å². The Morgan fingerprint density at radius 3 is 2.83 bits per heavy atom. The lowest BCUT2D eigenvalue weighted by atomic mass is 10.2. The van der Waals surface area contributed by atoms with Crippen LogP contribution in [0.15, 0.2) is 30.6 Å². The van der Waals surface area contributed by atoms with Crippen molar-refractivity contribution in [1.82, 2.24) is 15.0 Å². The van der Waals surface area contributed by atoms with Crippen molar-refractivity contribution in [2.45, 2.75) is 13.3 Å². The Labute approximate surface area is 106 Å². The second-order valence-corrected chi connectivity index (χ2v) is 3.75. The van der Waals surface area contributed by atoms with E-state index in [1.807, 2.05) is 18.2 Å². The highest BCUT2D eigenvalue weighted by Crippen LogP contribution is 2.24. The van der Waals surface area contributed by atoms with Crippen LogP contribution in [0.3, 0.4) is 0 Å². The molecule has 0 saturated carbocycles. The van der Waals surface area contributed by atoms with E-state index in [0.29, 0.717) is 11.6 Å². The smallest absolute Gasteiger partial charge is 0.241 e. The first-order valence-corrected chi connectivity index (χ1v) is 5.91. The standard InChI is InChI=1S/C13H16N4O/c1-3-7-14-11-6-4-5-10(17-11)12-13(18-2)16-9-8-15-12/h4-6,8-9H,3,7H2,1-2H3,(H,14,17). The van der Waals surface area contributed by atoms with Crippen LogP contribution in [-0.2, 0) is 0 Å². The third-order valence-electron chi connectivity index (χ3n) is 2.41. The topological polar surface area (TPSA) is 59.9 Å². The lowest BCUT2D eigenvalue weighted by molar-refractivity contribution is 0.397. The van der Waals surface area contributed by atoms with E-state index in [-0.39, 0.29) is 0 Å². The molecule has 0 aromatic carbocycles. The van der Waals surface area contributed by atoms with Crippen molar-refractivity contribution in [3.63, 3.8) is 0 Å². The van der Waals surface area contributed by atoms with Crippen LogP contribution in [-0.4, -0.2) is 28.6 Å². The Hall–Kier alpha value is -2.17. The highest BCUT2D eigenvalue weighted by atomic mass is 16.5. The van der Waals surface area contributed by atoms with E-state index in [1.165, 1.54) is 0 Å². The van der Waals surface area contributed by atoms with E-state index < -0.39 is 0 Å². The monoisotopic (exact) mass is 244 g/mol. The minimum Gasteiger partial charge on any atom is -0.479 e. The van der Waals surface area contributed by atoms with Crippen molar-refractivity contribution in [2.75, 3.05) is 19.0 Å². The number of ether oxygens (including phenoxy) is 1. The second kappa shape index (κ2) is 5.95. The molecule has 2 rings (SSSR count). The molecule has 0 aliphatic carbocycles. The number of methoxy groups -OCH3 is 1. The lowest BCUT2D eigenvalue weighted by Gasteiger charge is -2.08. The SMILES string of the molecule is CCCNc1cccc(-c2nccnc2OC)n1. The largest absolute Gasteiger partial charge is 0.479 e. The lowest BCUT2D eigenvalue weighted by Crippen LogP contribution is -2.03. The molecule has 0 saturated heterocycles. The number of aromatic nitrogens is 3. The van der Waals surface area contributed by atoms with Crippen molar-refractivity contribution in [3.05, 3.63) is 30.6 Å². The van der Waals surface area contributed by atoms with Gasteiger partial charge in [0.1, 0.15) is 5.82 Å². The zero-order valence-corrected chi connectivity index (χ0v) is 10.6. The highest BCUT2D eigenvalue weighted by molar-refractivity contribution is 5.61. The molecule has 5 heteroatoms. The van der Waals surface area contributed by atoms with Gasteiger partial charge in [0, 0.05) is 18.9 Å². The minimum atomic E-state index is 0.484. The first kappa shape index (κ1) is 12.3. The van der Waals surface area contributed by atoms with Crippen molar-refractivity contribution in [3.8, 4) is 17.3 Å². The average Bonchev–Trinajstić information content (AvgIpc) is 2.45. The zero-order chi connectivity index (χ0) is 12.8. The summed E-state index contributed by atoms with van der Waals surface area (Å²) in [5.74, 6) is 1.32. The van der Waals surface area contributed by atoms with Crippen LogP contribution in [0.1, 0.15) is 13.3 Å². The molecule has 0 atom stereocenters. The summed E-state index contributed by atoms with van der Waals surface area (Å²) in [4.78, 5) is 12.9. The average molecular weight is 244 g/mol. The number of pyridine rings is 1. The molecule has 94 valence electrons. The normalized spacial score (nSPS) is 10.1. The minimum absolute atomic E-state index is 0.484. The van der Waals surface area contributed by atoms with Crippen LogP contribution in [0.25, 0.3) is 11.4 Å². The van der Waals surface area contributed by atoms with Crippen LogP contribution in [0.5, 0.6) is 5.88 Å². The fourth-order valence-electron chi connectivity index (χ4n) is 1.57. The van der Waals surface area contributed by atoms with Crippen LogP contribution >= 0.6 is 0 Å². The van der Waals surface area contributed by atoms with Gasteiger partial charge in [0.15, 0.2) is 5.69 Å². The van der Waals surface area contributed by atoms with Gasteiger partial charge in [0.2, 0.25) is 5.88 Å². The molecular weight excluding hydrogens is 228 g/mol. The number of hydrogen-bond donors (Lipinski definition) is 1. The maximum absolute atomic E-state index is 5.19. The van der Waals surface area contributed by atoms with Gasteiger partial charge in [-0.1, -0.05) is 13.0 Å². The molecule has 0 aliphatic heterocycles. The maximum Gasteiger partial charge on any atom is 0.241 e. The third-order valence-corrected chi connectivity index (χ3v) is 2.41. The maximum atomic E-state index is 5.19. The fraction of sp³-hybridized carbons (Fsp3) is 0.308. The van der Waals surface area contributed by atoms with Crippen LogP contribution in [0.4, 0.5) is 5.82 Å². The van der Waals surface area contributed by atoms with E-state index in [1.54, 1.807) is 19.5 Å². The molecule has 1 N–H and O–H groups in total. The van der Waals surface area contributed by atoms with E-state index >= 15 is 0 Å². The molecule has 5 nitrogen and oxygen atoms in total. The van der Waals surface area contributed by atoms with Crippen LogP contribution < -0.4 is 10.1 Å². The Morgan fingerprint density at radius 2 is 2.06 bits per heavy atom. The number of rotatable bonds is 5. The first-order chi connectivity index (χ1) is 8.85. The molecule has 0 bridgehead atoms. The van der Waals surface area contributed by atoms with Gasteiger partial charge in [-0.2, -0.15) is 0 Å². The van der Waals surface area contributed by atoms with Gasteiger partial charge in [-0.05, 0) is 18.6 Å². The zero-order valence-electron chi connectivity index (χ0n) is 10.6. The predicted octanol–water partition coefficient (Wildman–Crippen LogP) is 2.37. The summed E-state index contributed by atoms with van der Waals surface area (Å²) in [6, 6.07) is 5.76. The van der Waals surface area contributed by atoms with Crippen molar-refractivity contribution in [1.29, 1.82) is 0 Å². The summed E-state index contributed by atoms with van der Waals surface area (Å²) >= 11 is 0. The van der Waals surface area contributed by atoms with Crippen molar-refractivity contribution >= 4 is 5.82 Å². The van der Waals surface area contributed by atoms with Gasteiger partial charge in [-0.15, -0.1) is 0 Å². The highest BCUT2D eigenvalue weighted by Gasteiger charge is 2.09. The fourth-order valence-corrected chi connectivity index (χ4v) is 1.57. The molecule has 2 heterocycles. The predicted molar refractivity (Wildman–Crippen MR) is 70.6 cm³/mol. The summed E-state index contributed by atoms with van der Waals surface area (Å²) in [6.07, 6.45) is 4.29. The Bertz CT molecular complexity index is 516. The molecule has 18 heavy (non-hydrogen) atoms. The van der Waals surface area contributed by atoms with E-state index in [0.717, 1.165) is 24.5 Å². The summed E-state index contributed by atoms with van der Waals surface area (Å²) < 4.78 is 5.19. The van der Waals surface area contributed by atoms with E-state index in [4.69, 9.17) is 4.74 Å². The summed E-state index contributed by atoms with van der Waals surface area (Å²) in [5.41, 5.74) is 1.40. The van der Waals surface area contributed by atoms with Gasteiger partial charge in [0.25, 0.3) is 0 Å². The van der Waals surface area contributed by atoms with Gasteiger partial charge < -0.3 is 10.1 Å². The number of hydrogen-bond acceptors (Lipinski definition) is 5. The van der Waals surface area contributed by atoms with Crippen molar-refractivity contribution in [2.24, 2.45) is 0 Å². The molecule has 2 aromatic heterocycles. The first-order valence-electron chi connectivity index (χ1n) is 5.91. The second-order valence-electron chi connectivity index (χ2n) is 3.75. The molecule has 0 spiro atoms. The Kier molecular flexibility index (Phi) is 4.06. The summed E-state index contributed by atoms with van der Waals surface area (Å²) in [6.45, 7) is 3.01. The summed E-state index contributed by atoms with van der Waals surface area (Å²) in [7, 11) is 1.58. The van der Waals surface area contributed by atoms with Gasteiger partial charge in [0.05, 0.1) is 12.8 Å². The molecule has 0 unspecified atom stereocenters. The van der Waals surface area contributed by atoms with Crippen LogP contribution in [0.2, 0.25) is 0 Å². The van der Waals surface area contributed by atoms with Gasteiger partial charge in [-0.25, -0.2) is 15.0 Å². The number of nitrogens with one attached hydrogen (secondary N) is 1.